The Morgan fingerprint density at radius 1 is 1.29 bits per heavy atom. The van der Waals surface area contributed by atoms with E-state index in [4.69, 9.17) is 0 Å². The highest BCUT2D eigenvalue weighted by Gasteiger charge is 2.21. The van der Waals surface area contributed by atoms with E-state index in [1.165, 1.54) is 0 Å². The molecule has 0 spiro atoms. The maximum Gasteiger partial charge on any atom is 0.254 e. The number of amides is 1. The Balaban J connectivity index is 2.10. The Bertz CT molecular complexity index is 467. The number of benzene rings is 1. The second-order valence-corrected chi connectivity index (χ2v) is 5.56. The number of hydrogen-bond donors (Lipinski definition) is 1. The van der Waals surface area contributed by atoms with E-state index >= 15 is 0 Å². The number of carbonyl (C=O) groups excluding carboxylic acids is 1. The average molecular weight is 296 g/mol. The third-order valence-electron chi connectivity index (χ3n) is 3.74. The Morgan fingerprint density at radius 3 is 2.57 bits per heavy atom. The first kappa shape index (κ1) is 15.9. The first-order chi connectivity index (χ1) is 10.1. The number of piperidine rings is 1. The summed E-state index contributed by atoms with van der Waals surface area (Å²) in [6.07, 6.45) is 4.16. The first-order valence-corrected chi connectivity index (χ1v) is 7.59. The molecular weight excluding hydrogens is 274 g/mol. The minimum Gasteiger partial charge on any atom is -0.337 e. The number of halogens is 2. The van der Waals surface area contributed by atoms with Gasteiger partial charge in [0.25, 0.3) is 5.91 Å². The standard InChI is InChI=1S/C16H22F2N2O/c1-2-7-20(11-15-5-3-4-6-19-15)16(21)12-8-13(17)10-14(18)9-12/h8-10,15,19H,2-7,11H2,1H3. The lowest BCUT2D eigenvalue weighted by Gasteiger charge is -2.30. The molecule has 1 heterocycles. The van der Waals surface area contributed by atoms with E-state index in [9.17, 15) is 13.6 Å². The van der Waals surface area contributed by atoms with Crippen molar-refractivity contribution in [3.63, 3.8) is 0 Å². The molecule has 2 rings (SSSR count). The highest BCUT2D eigenvalue weighted by molar-refractivity contribution is 5.94. The predicted molar refractivity (Wildman–Crippen MR) is 78.2 cm³/mol. The lowest BCUT2D eigenvalue weighted by molar-refractivity contribution is 0.0730. The SMILES string of the molecule is CCCN(CC1CCCCN1)C(=O)c1cc(F)cc(F)c1. The summed E-state index contributed by atoms with van der Waals surface area (Å²) in [7, 11) is 0. The van der Waals surface area contributed by atoms with Crippen LogP contribution in [0.15, 0.2) is 18.2 Å². The highest BCUT2D eigenvalue weighted by Crippen LogP contribution is 2.14. The fraction of sp³-hybridized carbons (Fsp3) is 0.562. The lowest BCUT2D eigenvalue weighted by Crippen LogP contribution is -2.46. The van der Waals surface area contributed by atoms with Crippen LogP contribution in [-0.2, 0) is 0 Å². The summed E-state index contributed by atoms with van der Waals surface area (Å²) in [4.78, 5) is 14.2. The molecule has 1 atom stereocenters. The van der Waals surface area contributed by atoms with Gasteiger partial charge >= 0.3 is 0 Å². The van der Waals surface area contributed by atoms with Gasteiger partial charge < -0.3 is 10.2 Å². The zero-order chi connectivity index (χ0) is 15.2. The van der Waals surface area contributed by atoms with E-state index in [-0.39, 0.29) is 17.5 Å². The second kappa shape index (κ2) is 7.50. The fourth-order valence-electron chi connectivity index (χ4n) is 2.75. The molecule has 1 fully saturated rings. The van der Waals surface area contributed by atoms with Crippen LogP contribution in [-0.4, -0.2) is 36.5 Å². The zero-order valence-corrected chi connectivity index (χ0v) is 12.4. The summed E-state index contributed by atoms with van der Waals surface area (Å²) in [5.41, 5.74) is 0.0803. The molecule has 0 aromatic heterocycles. The van der Waals surface area contributed by atoms with Crippen molar-refractivity contribution in [3.8, 4) is 0 Å². The second-order valence-electron chi connectivity index (χ2n) is 5.56. The molecule has 0 aliphatic carbocycles. The predicted octanol–water partition coefficient (Wildman–Crippen LogP) is 2.96. The molecule has 1 aliphatic heterocycles. The smallest absolute Gasteiger partial charge is 0.254 e. The van der Waals surface area contributed by atoms with E-state index in [1.54, 1.807) is 4.90 Å². The summed E-state index contributed by atoms with van der Waals surface area (Å²) in [6.45, 7) is 4.13. The van der Waals surface area contributed by atoms with Gasteiger partial charge in [-0.1, -0.05) is 13.3 Å². The minimum absolute atomic E-state index is 0.0803. The van der Waals surface area contributed by atoms with Crippen molar-refractivity contribution in [2.45, 2.75) is 38.6 Å². The van der Waals surface area contributed by atoms with Crippen LogP contribution in [0.25, 0.3) is 0 Å². The number of carbonyl (C=O) groups is 1. The first-order valence-electron chi connectivity index (χ1n) is 7.59. The van der Waals surface area contributed by atoms with E-state index in [2.05, 4.69) is 5.32 Å². The summed E-state index contributed by atoms with van der Waals surface area (Å²) < 4.78 is 26.5. The molecule has 0 radical (unpaired) electrons. The maximum atomic E-state index is 13.3. The quantitative estimate of drug-likeness (QED) is 0.906. The third kappa shape index (κ3) is 4.49. The Morgan fingerprint density at radius 2 is 2.00 bits per heavy atom. The van der Waals surface area contributed by atoms with Gasteiger partial charge in [-0.05, 0) is 37.9 Å². The van der Waals surface area contributed by atoms with Crippen LogP contribution in [0.1, 0.15) is 43.0 Å². The van der Waals surface area contributed by atoms with Gasteiger partial charge in [-0.15, -0.1) is 0 Å². The van der Waals surface area contributed by atoms with Crippen LogP contribution >= 0.6 is 0 Å². The van der Waals surface area contributed by atoms with Crippen molar-refractivity contribution in [1.82, 2.24) is 10.2 Å². The topological polar surface area (TPSA) is 32.3 Å². The summed E-state index contributed by atoms with van der Waals surface area (Å²) in [5.74, 6) is -1.74. The summed E-state index contributed by atoms with van der Waals surface area (Å²) in [6, 6.07) is 3.25. The molecule has 1 aromatic rings. The van der Waals surface area contributed by atoms with Gasteiger partial charge in [0, 0.05) is 30.8 Å². The van der Waals surface area contributed by atoms with Gasteiger partial charge in [0.05, 0.1) is 0 Å². The molecular formula is C16H22F2N2O. The lowest BCUT2D eigenvalue weighted by atomic mass is 10.0. The molecule has 116 valence electrons. The van der Waals surface area contributed by atoms with Crippen molar-refractivity contribution in [2.75, 3.05) is 19.6 Å². The normalized spacial score (nSPS) is 18.5. The number of rotatable bonds is 5. The fourth-order valence-corrected chi connectivity index (χ4v) is 2.75. The molecule has 1 aromatic carbocycles. The highest BCUT2D eigenvalue weighted by atomic mass is 19.1. The maximum absolute atomic E-state index is 13.3. The van der Waals surface area contributed by atoms with Crippen molar-refractivity contribution in [3.05, 3.63) is 35.4 Å². The molecule has 0 bridgehead atoms. The van der Waals surface area contributed by atoms with Gasteiger partial charge in [0.2, 0.25) is 0 Å². The zero-order valence-electron chi connectivity index (χ0n) is 12.4. The summed E-state index contributed by atoms with van der Waals surface area (Å²) in [5, 5.41) is 3.40. The molecule has 5 heteroatoms. The largest absolute Gasteiger partial charge is 0.337 e. The molecule has 1 saturated heterocycles. The minimum atomic E-state index is -0.717. The molecule has 21 heavy (non-hydrogen) atoms. The molecule has 1 unspecified atom stereocenters. The van der Waals surface area contributed by atoms with Crippen molar-refractivity contribution in [1.29, 1.82) is 0 Å². The van der Waals surface area contributed by atoms with Crippen LogP contribution in [0, 0.1) is 11.6 Å². The Kier molecular flexibility index (Phi) is 5.67. The van der Waals surface area contributed by atoms with Gasteiger partial charge in [-0.2, -0.15) is 0 Å². The van der Waals surface area contributed by atoms with Crippen molar-refractivity contribution in [2.24, 2.45) is 0 Å². The molecule has 0 saturated carbocycles. The van der Waals surface area contributed by atoms with E-state index < -0.39 is 11.6 Å². The third-order valence-corrected chi connectivity index (χ3v) is 3.74. The van der Waals surface area contributed by atoms with E-state index in [0.717, 1.165) is 50.4 Å². The Labute approximate surface area is 124 Å². The van der Waals surface area contributed by atoms with Crippen LogP contribution in [0.2, 0.25) is 0 Å². The van der Waals surface area contributed by atoms with Crippen molar-refractivity contribution < 1.29 is 13.6 Å². The van der Waals surface area contributed by atoms with E-state index in [0.29, 0.717) is 13.1 Å². The average Bonchev–Trinajstić information content (AvgIpc) is 2.46. The number of nitrogens with one attached hydrogen (secondary N) is 1. The summed E-state index contributed by atoms with van der Waals surface area (Å²) >= 11 is 0. The van der Waals surface area contributed by atoms with Gasteiger partial charge in [0.1, 0.15) is 11.6 Å². The van der Waals surface area contributed by atoms with Gasteiger partial charge in [0.15, 0.2) is 0 Å². The monoisotopic (exact) mass is 296 g/mol. The molecule has 3 nitrogen and oxygen atoms in total. The molecule has 1 aliphatic rings. The van der Waals surface area contributed by atoms with Crippen LogP contribution < -0.4 is 5.32 Å². The Hall–Kier alpha value is -1.49. The number of nitrogens with zero attached hydrogens (tertiary/aromatic N) is 1. The van der Waals surface area contributed by atoms with Crippen molar-refractivity contribution >= 4 is 5.91 Å². The molecule has 1 N–H and O–H groups in total. The van der Waals surface area contributed by atoms with Crippen LogP contribution in [0.5, 0.6) is 0 Å². The van der Waals surface area contributed by atoms with Gasteiger partial charge in [-0.3, -0.25) is 4.79 Å². The molecule has 1 amide bonds. The van der Waals surface area contributed by atoms with E-state index in [1.807, 2.05) is 6.92 Å². The van der Waals surface area contributed by atoms with Crippen LogP contribution in [0.3, 0.4) is 0 Å². The van der Waals surface area contributed by atoms with Crippen LogP contribution in [0.4, 0.5) is 8.78 Å². The number of hydrogen-bond acceptors (Lipinski definition) is 2. The van der Waals surface area contributed by atoms with Gasteiger partial charge in [-0.25, -0.2) is 8.78 Å².